The minimum atomic E-state index is -0.266. The number of benzene rings is 2. The lowest BCUT2D eigenvalue weighted by molar-refractivity contribution is 0.0548. The topological polar surface area (TPSA) is 66.5 Å². The highest BCUT2D eigenvalue weighted by Crippen LogP contribution is 2.31. The van der Waals surface area contributed by atoms with Gasteiger partial charge in [0, 0.05) is 11.6 Å². The van der Waals surface area contributed by atoms with Gasteiger partial charge in [0.2, 0.25) is 0 Å². The molecule has 0 spiro atoms. The molecule has 1 N–H and O–H groups in total. The van der Waals surface area contributed by atoms with Gasteiger partial charge in [0.1, 0.15) is 0 Å². The van der Waals surface area contributed by atoms with Crippen LogP contribution in [0.2, 0.25) is 0 Å². The molecule has 144 valence electrons. The predicted molar refractivity (Wildman–Crippen MR) is 106 cm³/mol. The van der Waals surface area contributed by atoms with E-state index in [1.807, 2.05) is 37.3 Å². The van der Waals surface area contributed by atoms with Gasteiger partial charge in [-0.2, -0.15) is 0 Å². The summed E-state index contributed by atoms with van der Waals surface area (Å²) >= 11 is 0. The molecule has 0 saturated heterocycles. The lowest BCUT2D eigenvalue weighted by Crippen LogP contribution is -2.40. The van der Waals surface area contributed by atoms with Gasteiger partial charge in [0.25, 0.3) is 17.7 Å². The molecule has 2 aliphatic rings. The molecule has 0 bridgehead atoms. The molecule has 4 rings (SSSR count). The Morgan fingerprint density at radius 1 is 0.964 bits per heavy atom. The first kappa shape index (κ1) is 18.4. The van der Waals surface area contributed by atoms with Crippen molar-refractivity contribution in [2.24, 2.45) is 0 Å². The summed E-state index contributed by atoms with van der Waals surface area (Å²) < 4.78 is 0. The third kappa shape index (κ3) is 3.33. The van der Waals surface area contributed by atoms with Crippen LogP contribution in [0.4, 0.5) is 0 Å². The lowest BCUT2D eigenvalue weighted by Gasteiger charge is -2.29. The number of hydrogen-bond acceptors (Lipinski definition) is 3. The van der Waals surface area contributed by atoms with E-state index in [1.54, 1.807) is 18.2 Å². The van der Waals surface area contributed by atoms with Crippen molar-refractivity contribution in [3.63, 3.8) is 0 Å². The van der Waals surface area contributed by atoms with Crippen LogP contribution in [0.25, 0.3) is 0 Å². The molecule has 5 nitrogen and oxygen atoms in total. The van der Waals surface area contributed by atoms with Crippen LogP contribution in [0.1, 0.15) is 81.7 Å². The predicted octanol–water partition coefficient (Wildman–Crippen LogP) is 4.11. The molecule has 3 amide bonds. The highest BCUT2D eigenvalue weighted by Gasteiger charge is 2.40. The van der Waals surface area contributed by atoms with Crippen molar-refractivity contribution < 1.29 is 14.4 Å². The Hall–Kier alpha value is -2.95. The second-order valence-electron chi connectivity index (χ2n) is 7.64. The van der Waals surface area contributed by atoms with E-state index in [-0.39, 0.29) is 29.8 Å². The van der Waals surface area contributed by atoms with Gasteiger partial charge < -0.3 is 5.32 Å². The molecule has 1 aliphatic carbocycles. The number of carbonyl (C=O) groups is 3. The Kier molecular flexibility index (Phi) is 4.99. The molecule has 2 aromatic rings. The molecule has 5 heteroatoms. The first-order valence-electron chi connectivity index (χ1n) is 9.94. The normalized spacial score (nSPS) is 18.1. The van der Waals surface area contributed by atoms with Crippen molar-refractivity contribution in [2.45, 2.75) is 51.1 Å². The SMILES string of the molecule is C[C@H](NC(=O)c1ccc2c(c1)C(=O)N(C1CCCCC1)C2=O)c1ccccc1. The fraction of sp³-hybridized carbons (Fsp3) is 0.348. The highest BCUT2D eigenvalue weighted by atomic mass is 16.2. The van der Waals surface area contributed by atoms with E-state index in [9.17, 15) is 14.4 Å². The molecule has 1 aliphatic heterocycles. The highest BCUT2D eigenvalue weighted by molar-refractivity contribution is 6.22. The van der Waals surface area contributed by atoms with Gasteiger partial charge in [-0.1, -0.05) is 49.6 Å². The molecule has 0 radical (unpaired) electrons. The molecule has 1 fully saturated rings. The van der Waals surface area contributed by atoms with Crippen molar-refractivity contribution in [1.29, 1.82) is 0 Å². The van der Waals surface area contributed by atoms with Crippen LogP contribution in [0.5, 0.6) is 0 Å². The van der Waals surface area contributed by atoms with Crippen LogP contribution < -0.4 is 5.32 Å². The Labute approximate surface area is 164 Å². The molecule has 1 saturated carbocycles. The van der Waals surface area contributed by atoms with Crippen LogP contribution in [0.15, 0.2) is 48.5 Å². The fourth-order valence-electron chi connectivity index (χ4n) is 4.18. The zero-order chi connectivity index (χ0) is 19.7. The van der Waals surface area contributed by atoms with E-state index in [4.69, 9.17) is 0 Å². The lowest BCUT2D eigenvalue weighted by atomic mass is 9.94. The zero-order valence-corrected chi connectivity index (χ0v) is 16.0. The average Bonchev–Trinajstić information content (AvgIpc) is 2.99. The van der Waals surface area contributed by atoms with E-state index < -0.39 is 0 Å². The number of amides is 3. The van der Waals surface area contributed by atoms with Crippen molar-refractivity contribution in [3.8, 4) is 0 Å². The second-order valence-corrected chi connectivity index (χ2v) is 7.64. The van der Waals surface area contributed by atoms with Crippen LogP contribution >= 0.6 is 0 Å². The van der Waals surface area contributed by atoms with Crippen molar-refractivity contribution in [2.75, 3.05) is 0 Å². The van der Waals surface area contributed by atoms with E-state index in [1.165, 1.54) is 4.90 Å². The van der Waals surface area contributed by atoms with Crippen LogP contribution in [-0.2, 0) is 0 Å². The molecule has 1 atom stereocenters. The number of hydrogen-bond donors (Lipinski definition) is 1. The minimum Gasteiger partial charge on any atom is -0.346 e. The summed E-state index contributed by atoms with van der Waals surface area (Å²) in [6.07, 6.45) is 4.98. The van der Waals surface area contributed by atoms with Gasteiger partial charge in [0.15, 0.2) is 0 Å². The summed E-state index contributed by atoms with van der Waals surface area (Å²) in [5.74, 6) is -0.746. The molecular formula is C23H24N2O3. The monoisotopic (exact) mass is 376 g/mol. The summed E-state index contributed by atoms with van der Waals surface area (Å²) in [6.45, 7) is 1.92. The Morgan fingerprint density at radius 2 is 1.64 bits per heavy atom. The standard InChI is InChI=1S/C23H24N2O3/c1-15(16-8-4-2-5-9-16)24-21(26)17-12-13-19-20(14-17)23(28)25(22(19)27)18-10-6-3-7-11-18/h2,4-5,8-9,12-15,18H,3,6-7,10-11H2,1H3,(H,24,26)/t15-/m0/s1. The molecule has 1 heterocycles. The summed E-state index contributed by atoms with van der Waals surface area (Å²) in [5.41, 5.74) is 2.15. The number of nitrogens with zero attached hydrogens (tertiary/aromatic N) is 1. The number of imide groups is 1. The maximum absolute atomic E-state index is 12.9. The Bertz CT molecular complexity index is 917. The molecule has 0 unspecified atom stereocenters. The summed E-state index contributed by atoms with van der Waals surface area (Å²) in [6, 6.07) is 14.3. The van der Waals surface area contributed by atoms with Crippen molar-refractivity contribution in [3.05, 3.63) is 70.8 Å². The number of nitrogens with one attached hydrogen (secondary N) is 1. The quantitative estimate of drug-likeness (QED) is 0.817. The minimum absolute atomic E-state index is 0.0171. The van der Waals surface area contributed by atoms with Gasteiger partial charge >= 0.3 is 0 Å². The Balaban J connectivity index is 1.53. The number of rotatable bonds is 4. The van der Waals surface area contributed by atoms with Gasteiger partial charge in [-0.25, -0.2) is 0 Å². The molecular weight excluding hydrogens is 352 g/mol. The third-order valence-corrected chi connectivity index (χ3v) is 5.77. The van der Waals surface area contributed by atoms with Gasteiger partial charge in [-0.05, 0) is 43.5 Å². The average molecular weight is 376 g/mol. The van der Waals surface area contributed by atoms with Crippen LogP contribution in [-0.4, -0.2) is 28.7 Å². The van der Waals surface area contributed by atoms with Crippen molar-refractivity contribution >= 4 is 17.7 Å². The summed E-state index contributed by atoms with van der Waals surface area (Å²) in [5, 5.41) is 2.96. The molecule has 0 aromatic heterocycles. The van der Waals surface area contributed by atoms with Crippen molar-refractivity contribution in [1.82, 2.24) is 10.2 Å². The molecule has 28 heavy (non-hydrogen) atoms. The third-order valence-electron chi connectivity index (χ3n) is 5.77. The van der Waals surface area contributed by atoms with Crippen LogP contribution in [0.3, 0.4) is 0 Å². The van der Waals surface area contributed by atoms with E-state index in [0.29, 0.717) is 16.7 Å². The largest absolute Gasteiger partial charge is 0.346 e. The van der Waals surface area contributed by atoms with E-state index >= 15 is 0 Å². The summed E-state index contributed by atoms with van der Waals surface area (Å²) in [4.78, 5) is 39.7. The second kappa shape index (κ2) is 7.58. The smallest absolute Gasteiger partial charge is 0.261 e. The van der Waals surface area contributed by atoms with Gasteiger partial charge in [-0.15, -0.1) is 0 Å². The van der Waals surface area contributed by atoms with E-state index in [0.717, 1.165) is 37.7 Å². The first-order valence-corrected chi connectivity index (χ1v) is 9.94. The number of fused-ring (bicyclic) bond motifs is 1. The zero-order valence-electron chi connectivity index (χ0n) is 16.0. The van der Waals surface area contributed by atoms with Crippen LogP contribution in [0, 0.1) is 0 Å². The van der Waals surface area contributed by atoms with Gasteiger partial charge in [-0.3, -0.25) is 19.3 Å². The fourth-order valence-corrected chi connectivity index (χ4v) is 4.18. The molecule has 2 aromatic carbocycles. The Morgan fingerprint density at radius 3 is 2.36 bits per heavy atom. The van der Waals surface area contributed by atoms with E-state index in [2.05, 4.69) is 5.32 Å². The van der Waals surface area contributed by atoms with Gasteiger partial charge in [0.05, 0.1) is 17.2 Å². The first-order chi connectivity index (χ1) is 13.6. The number of carbonyl (C=O) groups excluding carboxylic acids is 3. The maximum atomic E-state index is 12.9. The summed E-state index contributed by atoms with van der Waals surface area (Å²) in [7, 11) is 0. The maximum Gasteiger partial charge on any atom is 0.261 e.